The quantitative estimate of drug-likeness (QED) is 0.404. The van der Waals surface area contributed by atoms with Crippen molar-refractivity contribution in [3.8, 4) is 11.5 Å². The number of benzene rings is 2. The van der Waals surface area contributed by atoms with Crippen molar-refractivity contribution in [3.63, 3.8) is 0 Å². The summed E-state index contributed by atoms with van der Waals surface area (Å²) < 4.78 is 10.7. The molecule has 3 N–H and O–H groups in total. The molecule has 2 aromatic heterocycles. The van der Waals surface area contributed by atoms with E-state index in [0.29, 0.717) is 29.3 Å². The van der Waals surface area contributed by atoms with Crippen LogP contribution in [-0.4, -0.2) is 29.6 Å². The summed E-state index contributed by atoms with van der Waals surface area (Å²) in [4.78, 5) is 29.6. The first-order valence-corrected chi connectivity index (χ1v) is 11.1. The number of rotatable bonds is 7. The maximum absolute atomic E-state index is 13.1. The lowest BCUT2D eigenvalue weighted by Crippen LogP contribution is -2.47. The third-order valence-corrected chi connectivity index (χ3v) is 6.24. The second-order valence-electron chi connectivity index (χ2n) is 7.47. The van der Waals surface area contributed by atoms with Gasteiger partial charge in [-0.1, -0.05) is 30.3 Å². The second kappa shape index (κ2) is 8.76. The van der Waals surface area contributed by atoms with Gasteiger partial charge in [-0.2, -0.15) is 0 Å². The fraction of sp³-hybridized carbons (Fsp3) is 0.167. The SMILES string of the molecule is O=C(N[C@H](Cc1c[nH]c2ccccc12)C(=O)NCc1ccc2c(c1)OCO2)c1cccs1. The number of H-pyrrole nitrogens is 1. The summed E-state index contributed by atoms with van der Waals surface area (Å²) >= 11 is 1.34. The maximum atomic E-state index is 13.1. The van der Waals surface area contributed by atoms with Gasteiger partial charge in [0.2, 0.25) is 12.7 Å². The summed E-state index contributed by atoms with van der Waals surface area (Å²) in [6.07, 6.45) is 2.26. The number of carbonyl (C=O) groups is 2. The molecule has 3 heterocycles. The van der Waals surface area contributed by atoms with E-state index in [0.717, 1.165) is 22.0 Å². The van der Waals surface area contributed by atoms with E-state index >= 15 is 0 Å². The van der Waals surface area contributed by atoms with E-state index in [-0.39, 0.29) is 18.6 Å². The predicted octanol–water partition coefficient (Wildman–Crippen LogP) is 3.62. The first kappa shape index (κ1) is 20.1. The normalized spacial score (nSPS) is 13.1. The molecule has 1 atom stereocenters. The van der Waals surface area contributed by atoms with Crippen molar-refractivity contribution in [2.45, 2.75) is 19.0 Å². The molecule has 4 aromatic rings. The molecule has 0 aliphatic carbocycles. The van der Waals surface area contributed by atoms with Crippen molar-refractivity contribution < 1.29 is 19.1 Å². The van der Waals surface area contributed by atoms with E-state index in [1.54, 1.807) is 6.07 Å². The van der Waals surface area contributed by atoms with Gasteiger partial charge in [0, 0.05) is 30.1 Å². The topological polar surface area (TPSA) is 92.5 Å². The van der Waals surface area contributed by atoms with Crippen LogP contribution in [0.25, 0.3) is 10.9 Å². The lowest BCUT2D eigenvalue weighted by atomic mass is 10.0. The van der Waals surface area contributed by atoms with Crippen molar-refractivity contribution in [2.24, 2.45) is 0 Å². The number of amides is 2. The number of aromatic amines is 1. The van der Waals surface area contributed by atoms with Crippen LogP contribution >= 0.6 is 11.3 Å². The fourth-order valence-corrected chi connectivity index (χ4v) is 4.36. The first-order chi connectivity index (χ1) is 15.7. The molecule has 2 aromatic carbocycles. The number of carbonyl (C=O) groups excluding carboxylic acids is 2. The molecule has 1 aliphatic heterocycles. The summed E-state index contributed by atoms with van der Waals surface area (Å²) in [7, 11) is 0. The van der Waals surface area contributed by atoms with E-state index in [9.17, 15) is 9.59 Å². The van der Waals surface area contributed by atoms with Gasteiger partial charge in [-0.05, 0) is 40.8 Å². The summed E-state index contributed by atoms with van der Waals surface area (Å²) in [5.74, 6) is 0.847. The number of hydrogen-bond donors (Lipinski definition) is 3. The number of thiophene rings is 1. The smallest absolute Gasteiger partial charge is 0.262 e. The van der Waals surface area contributed by atoms with Crippen molar-refractivity contribution in [1.82, 2.24) is 15.6 Å². The fourth-order valence-electron chi connectivity index (χ4n) is 3.73. The van der Waals surface area contributed by atoms with Crippen LogP contribution in [0.2, 0.25) is 0 Å². The summed E-state index contributed by atoms with van der Waals surface area (Å²) in [5.41, 5.74) is 2.85. The Morgan fingerprint density at radius 3 is 2.81 bits per heavy atom. The van der Waals surface area contributed by atoms with Crippen molar-refractivity contribution in [3.05, 3.63) is 82.2 Å². The van der Waals surface area contributed by atoms with Gasteiger partial charge in [0.1, 0.15) is 6.04 Å². The Labute approximate surface area is 188 Å². The van der Waals surface area contributed by atoms with E-state index in [2.05, 4.69) is 15.6 Å². The minimum absolute atomic E-state index is 0.201. The first-order valence-electron chi connectivity index (χ1n) is 10.2. The zero-order chi connectivity index (χ0) is 21.9. The number of hydrogen-bond acceptors (Lipinski definition) is 5. The lowest BCUT2D eigenvalue weighted by molar-refractivity contribution is -0.123. The molecule has 32 heavy (non-hydrogen) atoms. The Morgan fingerprint density at radius 2 is 1.94 bits per heavy atom. The molecule has 0 fully saturated rings. The summed E-state index contributed by atoms with van der Waals surface area (Å²) in [5, 5.41) is 8.72. The zero-order valence-electron chi connectivity index (χ0n) is 17.1. The highest BCUT2D eigenvalue weighted by molar-refractivity contribution is 7.12. The largest absolute Gasteiger partial charge is 0.454 e. The molecule has 0 saturated carbocycles. The monoisotopic (exact) mass is 447 g/mol. The second-order valence-corrected chi connectivity index (χ2v) is 8.42. The molecule has 2 amide bonds. The Bertz CT molecular complexity index is 1270. The minimum atomic E-state index is -0.724. The zero-order valence-corrected chi connectivity index (χ0v) is 17.9. The van der Waals surface area contributed by atoms with Gasteiger partial charge in [0.05, 0.1) is 4.88 Å². The van der Waals surface area contributed by atoms with Crippen molar-refractivity contribution in [2.75, 3.05) is 6.79 Å². The van der Waals surface area contributed by atoms with Gasteiger partial charge < -0.3 is 25.1 Å². The molecule has 1 aliphatic rings. The van der Waals surface area contributed by atoms with E-state index in [1.165, 1.54) is 11.3 Å². The maximum Gasteiger partial charge on any atom is 0.262 e. The van der Waals surface area contributed by atoms with Crippen molar-refractivity contribution in [1.29, 1.82) is 0 Å². The third kappa shape index (κ3) is 4.17. The molecule has 162 valence electrons. The van der Waals surface area contributed by atoms with Crippen LogP contribution in [0.5, 0.6) is 11.5 Å². The van der Waals surface area contributed by atoms with Gasteiger partial charge in [-0.15, -0.1) is 11.3 Å². The molecule has 0 spiro atoms. The van der Waals surface area contributed by atoms with E-state index in [4.69, 9.17) is 9.47 Å². The Balaban J connectivity index is 1.33. The van der Waals surface area contributed by atoms with Gasteiger partial charge >= 0.3 is 0 Å². The summed E-state index contributed by atoms with van der Waals surface area (Å²) in [6, 6.07) is 16.3. The van der Waals surface area contributed by atoms with Crippen LogP contribution in [-0.2, 0) is 17.8 Å². The highest BCUT2D eigenvalue weighted by atomic mass is 32.1. The number of ether oxygens (including phenoxy) is 2. The number of fused-ring (bicyclic) bond motifs is 2. The van der Waals surface area contributed by atoms with Crippen molar-refractivity contribution >= 4 is 34.1 Å². The van der Waals surface area contributed by atoms with Gasteiger partial charge in [-0.3, -0.25) is 9.59 Å². The molecular weight excluding hydrogens is 426 g/mol. The molecule has 0 unspecified atom stereocenters. The highest BCUT2D eigenvalue weighted by Gasteiger charge is 2.24. The average molecular weight is 448 g/mol. The Morgan fingerprint density at radius 1 is 1.06 bits per heavy atom. The predicted molar refractivity (Wildman–Crippen MR) is 122 cm³/mol. The minimum Gasteiger partial charge on any atom is -0.454 e. The molecular formula is C24H21N3O4S. The van der Waals surface area contributed by atoms with Crippen LogP contribution in [0.4, 0.5) is 0 Å². The molecule has 0 bridgehead atoms. The summed E-state index contributed by atoms with van der Waals surface area (Å²) in [6.45, 7) is 0.515. The van der Waals surface area contributed by atoms with Gasteiger partial charge in [0.25, 0.3) is 5.91 Å². The van der Waals surface area contributed by atoms with Crippen LogP contribution in [0.3, 0.4) is 0 Å². The number of para-hydroxylation sites is 1. The third-order valence-electron chi connectivity index (χ3n) is 5.37. The van der Waals surface area contributed by atoms with Crippen LogP contribution in [0.15, 0.2) is 66.2 Å². The molecule has 0 saturated heterocycles. The molecule has 7 nitrogen and oxygen atoms in total. The van der Waals surface area contributed by atoms with E-state index < -0.39 is 6.04 Å². The molecule has 8 heteroatoms. The molecule has 0 radical (unpaired) electrons. The molecule has 5 rings (SSSR count). The highest BCUT2D eigenvalue weighted by Crippen LogP contribution is 2.32. The van der Waals surface area contributed by atoms with Crippen LogP contribution in [0.1, 0.15) is 20.8 Å². The average Bonchev–Trinajstić information content (AvgIpc) is 3.57. The Hall–Kier alpha value is -3.78. The number of aromatic nitrogens is 1. The van der Waals surface area contributed by atoms with Crippen LogP contribution in [0, 0.1) is 0 Å². The Kier molecular flexibility index (Phi) is 5.51. The van der Waals surface area contributed by atoms with Crippen LogP contribution < -0.4 is 20.1 Å². The van der Waals surface area contributed by atoms with Gasteiger partial charge in [0.15, 0.2) is 11.5 Å². The number of nitrogens with one attached hydrogen (secondary N) is 3. The van der Waals surface area contributed by atoms with E-state index in [1.807, 2.05) is 60.1 Å². The standard InChI is InChI=1S/C24H21N3O4S/c28-23(26-12-15-7-8-20-21(10-15)31-14-30-20)19(27-24(29)22-6-3-9-32-22)11-16-13-25-18-5-2-1-4-17(16)18/h1-10,13,19,25H,11-12,14H2,(H,26,28)(H,27,29)/t19-/m1/s1. The van der Waals surface area contributed by atoms with Gasteiger partial charge in [-0.25, -0.2) is 0 Å². The lowest BCUT2D eigenvalue weighted by Gasteiger charge is -2.18.